The molecule has 0 spiro atoms. The number of carbonyl (C=O) groups excluding carboxylic acids is 4. The number of anilines is 1. The van der Waals surface area contributed by atoms with Gasteiger partial charge in [-0.25, -0.2) is 14.8 Å². The van der Waals surface area contributed by atoms with E-state index in [1.54, 1.807) is 39.1 Å². The predicted octanol–water partition coefficient (Wildman–Crippen LogP) is 5.57. The summed E-state index contributed by atoms with van der Waals surface area (Å²) in [6.07, 6.45) is 6.66. The number of hydrogen-bond acceptors (Lipinski definition) is 10. The maximum atomic E-state index is 14.2. The van der Waals surface area contributed by atoms with Crippen LogP contribution >= 0.6 is 0 Å². The van der Waals surface area contributed by atoms with Gasteiger partial charge in [0.15, 0.2) is 5.60 Å². The molecule has 12 heteroatoms. The van der Waals surface area contributed by atoms with Gasteiger partial charge in [-0.15, -0.1) is 0 Å². The largest absolute Gasteiger partial charge is 0.458 e. The molecule has 2 aromatic heterocycles. The van der Waals surface area contributed by atoms with E-state index in [1.165, 1.54) is 0 Å². The minimum absolute atomic E-state index is 0.0348. The Morgan fingerprint density at radius 1 is 0.959 bits per heavy atom. The predicted molar refractivity (Wildman–Crippen MR) is 186 cm³/mol. The molecule has 1 amide bonds. The maximum Gasteiger partial charge on any atom is 0.410 e. The number of hydrogen-bond donors (Lipinski definition) is 0. The van der Waals surface area contributed by atoms with Crippen LogP contribution in [0.2, 0.25) is 0 Å². The van der Waals surface area contributed by atoms with Crippen LogP contribution in [0.4, 0.5) is 10.6 Å². The number of pyridine rings is 1. The van der Waals surface area contributed by atoms with Gasteiger partial charge in [-0.2, -0.15) is 0 Å². The molecule has 0 N–H and O–H groups in total. The first-order valence-corrected chi connectivity index (χ1v) is 17.5. The molecule has 2 aliphatic rings. The summed E-state index contributed by atoms with van der Waals surface area (Å²) in [6, 6.07) is 3.26. The van der Waals surface area contributed by atoms with Gasteiger partial charge in [0.2, 0.25) is 0 Å². The number of rotatable bonds is 9. The van der Waals surface area contributed by atoms with Gasteiger partial charge in [-0.1, -0.05) is 27.7 Å². The van der Waals surface area contributed by atoms with E-state index < -0.39 is 59.1 Å². The van der Waals surface area contributed by atoms with Crippen molar-refractivity contribution >= 4 is 29.4 Å². The molecule has 8 atom stereocenters. The second-order valence-electron chi connectivity index (χ2n) is 14.7. The van der Waals surface area contributed by atoms with E-state index in [-0.39, 0.29) is 11.6 Å². The summed E-state index contributed by atoms with van der Waals surface area (Å²) in [5.74, 6) is -2.60. The fraction of sp³-hybridized carbons (Fsp3) is 0.676. The Morgan fingerprint density at radius 2 is 1.61 bits per heavy atom. The van der Waals surface area contributed by atoms with Gasteiger partial charge in [0.1, 0.15) is 29.4 Å². The average molecular weight is 682 g/mol. The van der Waals surface area contributed by atoms with Crippen molar-refractivity contribution in [2.45, 2.75) is 110 Å². The molecule has 0 aliphatic carbocycles. The Kier molecular flexibility index (Phi) is 11.9. The van der Waals surface area contributed by atoms with E-state index in [0.29, 0.717) is 38.8 Å². The number of cyclic esters (lactones) is 1. The Bertz CT molecular complexity index is 1490. The average Bonchev–Trinajstić information content (AvgIpc) is 3.65. The normalized spacial score (nSPS) is 31.6. The van der Waals surface area contributed by atoms with Crippen molar-refractivity contribution in [2.75, 3.05) is 32.6 Å². The number of aromatic nitrogens is 3. The molecule has 0 saturated carbocycles. The number of carbonyl (C=O) groups is 4. The number of ketones is 2. The Morgan fingerprint density at radius 3 is 2.20 bits per heavy atom. The third-order valence-electron chi connectivity index (χ3n) is 10.6. The number of fused-ring (bicyclic) bond motifs is 1. The molecule has 2 aromatic rings. The van der Waals surface area contributed by atoms with Crippen LogP contribution in [0.3, 0.4) is 0 Å². The number of imidazole rings is 1. The lowest BCUT2D eigenvalue weighted by molar-refractivity contribution is -0.171. The quantitative estimate of drug-likeness (QED) is 0.188. The van der Waals surface area contributed by atoms with Gasteiger partial charge in [-0.3, -0.25) is 14.4 Å². The summed E-state index contributed by atoms with van der Waals surface area (Å²) in [7, 11) is 5.47. The molecule has 12 nitrogen and oxygen atoms in total. The second kappa shape index (κ2) is 15.4. The first kappa shape index (κ1) is 38.0. The Labute approximate surface area is 290 Å². The molecule has 270 valence electrons. The van der Waals surface area contributed by atoms with Gasteiger partial charge in [0.05, 0.1) is 23.7 Å². The minimum atomic E-state index is -1.31. The highest BCUT2D eigenvalue weighted by molar-refractivity contribution is 5.99. The summed E-state index contributed by atoms with van der Waals surface area (Å²) in [5.41, 5.74) is -0.327. The van der Waals surface area contributed by atoms with Crippen molar-refractivity contribution in [2.24, 2.45) is 23.7 Å². The summed E-state index contributed by atoms with van der Waals surface area (Å²) < 4.78 is 20.0. The summed E-state index contributed by atoms with van der Waals surface area (Å²) in [5, 5.41) is 0. The van der Waals surface area contributed by atoms with E-state index >= 15 is 0 Å². The van der Waals surface area contributed by atoms with Crippen LogP contribution in [0, 0.1) is 23.7 Å². The fourth-order valence-corrected chi connectivity index (χ4v) is 7.73. The van der Waals surface area contributed by atoms with Crippen molar-refractivity contribution in [1.29, 1.82) is 0 Å². The zero-order chi connectivity index (χ0) is 36.3. The number of Topliss-reactive ketones (excluding diaryl/α,β-unsaturated/α-hetero) is 2. The van der Waals surface area contributed by atoms with E-state index in [1.807, 2.05) is 75.8 Å². The van der Waals surface area contributed by atoms with Gasteiger partial charge in [0, 0.05) is 70.0 Å². The van der Waals surface area contributed by atoms with E-state index in [0.717, 1.165) is 23.5 Å². The van der Waals surface area contributed by atoms with Crippen molar-refractivity contribution in [3.05, 3.63) is 30.9 Å². The molecule has 49 heavy (non-hydrogen) atoms. The highest BCUT2D eigenvalue weighted by Gasteiger charge is 2.59. The second-order valence-corrected chi connectivity index (χ2v) is 14.7. The number of nitrogens with zero attached hydrogens (tertiary/aromatic N) is 5. The summed E-state index contributed by atoms with van der Waals surface area (Å²) >= 11 is 0. The first-order chi connectivity index (χ1) is 23.0. The number of aryl methyl sites for hydroxylation is 1. The first-order valence-electron chi connectivity index (χ1n) is 17.5. The van der Waals surface area contributed by atoms with Gasteiger partial charge < -0.3 is 28.6 Å². The standard InChI is InChI=1S/C37H55N5O7/c1-11-29-37(7)33(25(4)31(43)23(2)18-36(6,47-10)19-24(3)32(44)26(5)34(45)48-29)42(35(46)49-37)17-13-12-16-41-21-28(39-22-41)27-14-15-30(38-20-27)40(8)9/h14-15,20-26,29,33H,11-13,16-19H2,1-10H3/t23-,24?,25+,26?,29?,33?,36+,37-/m1/s1. The zero-order valence-corrected chi connectivity index (χ0v) is 30.9. The van der Waals surface area contributed by atoms with Crippen LogP contribution in [0.1, 0.15) is 80.6 Å². The van der Waals surface area contributed by atoms with Crippen LogP contribution in [0.5, 0.6) is 0 Å². The topological polar surface area (TPSA) is 133 Å². The molecule has 4 heterocycles. The monoisotopic (exact) mass is 681 g/mol. The van der Waals surface area contributed by atoms with Crippen molar-refractivity contribution in [3.63, 3.8) is 0 Å². The van der Waals surface area contributed by atoms with Gasteiger partial charge in [0.25, 0.3) is 0 Å². The van der Waals surface area contributed by atoms with Crippen LogP contribution in [0.15, 0.2) is 30.9 Å². The number of amides is 1. The number of esters is 1. The molecule has 0 radical (unpaired) electrons. The molecule has 2 aliphatic heterocycles. The lowest BCUT2D eigenvalue weighted by Crippen LogP contribution is -2.58. The molecular weight excluding hydrogens is 626 g/mol. The molecular formula is C37H55N5O7. The van der Waals surface area contributed by atoms with Crippen molar-refractivity contribution < 1.29 is 33.4 Å². The number of unbranched alkanes of at least 4 members (excludes halogenated alkanes) is 1. The summed E-state index contributed by atoms with van der Waals surface area (Å²) in [4.78, 5) is 67.2. The van der Waals surface area contributed by atoms with E-state index in [9.17, 15) is 19.2 Å². The van der Waals surface area contributed by atoms with Crippen LogP contribution in [0.25, 0.3) is 11.3 Å². The molecule has 4 unspecified atom stereocenters. The van der Waals surface area contributed by atoms with E-state index in [4.69, 9.17) is 14.2 Å². The zero-order valence-electron chi connectivity index (χ0n) is 30.9. The number of methoxy groups -OCH3 is 1. The van der Waals surface area contributed by atoms with Crippen LogP contribution in [-0.2, 0) is 35.1 Å². The molecule has 0 aromatic carbocycles. The fourth-order valence-electron chi connectivity index (χ4n) is 7.73. The van der Waals surface area contributed by atoms with Crippen LogP contribution < -0.4 is 4.90 Å². The molecule has 4 rings (SSSR count). The van der Waals surface area contributed by atoms with E-state index in [2.05, 4.69) is 9.97 Å². The maximum absolute atomic E-state index is 14.2. The smallest absolute Gasteiger partial charge is 0.410 e. The summed E-state index contributed by atoms with van der Waals surface area (Å²) in [6.45, 7) is 13.6. The molecule has 2 fully saturated rings. The third-order valence-corrected chi connectivity index (χ3v) is 10.6. The highest BCUT2D eigenvalue weighted by atomic mass is 16.6. The molecule has 2 saturated heterocycles. The lowest BCUT2D eigenvalue weighted by atomic mass is 9.74. The van der Waals surface area contributed by atoms with Crippen molar-refractivity contribution in [1.82, 2.24) is 19.4 Å². The highest BCUT2D eigenvalue weighted by Crippen LogP contribution is 2.42. The van der Waals surface area contributed by atoms with Crippen molar-refractivity contribution in [3.8, 4) is 11.3 Å². The molecule has 0 bridgehead atoms. The Hall–Kier alpha value is -3.80. The number of ether oxygens (including phenoxy) is 3. The van der Waals surface area contributed by atoms with Gasteiger partial charge in [-0.05, 0) is 65.0 Å². The van der Waals surface area contributed by atoms with Gasteiger partial charge >= 0.3 is 12.1 Å². The lowest BCUT2D eigenvalue weighted by Gasteiger charge is -2.41. The SMILES string of the molecule is CCC1OC(=O)C(C)C(=O)C(C)C[C@@](C)(OC)C[C@@H](C)C(=O)[C@H](C)C2N(CCCCn3cnc(-c4ccc(N(C)C)nc4)c3)C(=O)O[C@]12C. The third kappa shape index (κ3) is 8.16. The Balaban J connectivity index is 1.55. The van der Waals surface area contributed by atoms with Crippen LogP contribution in [-0.4, -0.2) is 94.2 Å². The minimum Gasteiger partial charge on any atom is -0.458 e.